The van der Waals surface area contributed by atoms with E-state index in [1.165, 1.54) is 6.33 Å². The molecular weight excluding hydrogens is 433 g/mol. The van der Waals surface area contributed by atoms with Gasteiger partial charge in [0.05, 0.1) is 19.0 Å². The molecule has 1 unspecified atom stereocenters. The summed E-state index contributed by atoms with van der Waals surface area (Å²) in [4.78, 5) is 41.3. The van der Waals surface area contributed by atoms with Gasteiger partial charge < -0.3 is 25.0 Å². The van der Waals surface area contributed by atoms with Gasteiger partial charge in [0.1, 0.15) is 11.7 Å². The van der Waals surface area contributed by atoms with Gasteiger partial charge in [-0.15, -0.1) is 11.8 Å². The molecule has 3 atom stereocenters. The first-order chi connectivity index (χ1) is 13.2. The lowest BCUT2D eigenvalue weighted by Crippen LogP contribution is -2.23. The van der Waals surface area contributed by atoms with Crippen molar-refractivity contribution in [2.24, 2.45) is 0 Å². The number of nitrogen functional groups attached to an aromatic ring is 1. The van der Waals surface area contributed by atoms with Gasteiger partial charge in [0, 0.05) is 5.75 Å². The molecule has 14 heteroatoms. The van der Waals surface area contributed by atoms with Crippen molar-refractivity contribution in [1.82, 2.24) is 19.5 Å². The summed E-state index contributed by atoms with van der Waals surface area (Å²) in [7, 11) is -4.65. The number of halogens is 1. The van der Waals surface area contributed by atoms with E-state index in [0.717, 1.165) is 11.8 Å². The van der Waals surface area contributed by atoms with E-state index in [1.54, 1.807) is 11.5 Å². The first-order valence-electron chi connectivity index (χ1n) is 8.35. The van der Waals surface area contributed by atoms with Crippen molar-refractivity contribution in [2.75, 3.05) is 18.1 Å². The number of rotatable bonds is 7. The van der Waals surface area contributed by atoms with Crippen molar-refractivity contribution in [2.45, 2.75) is 37.1 Å². The lowest BCUT2D eigenvalue weighted by molar-refractivity contribution is -0.141. The molecule has 3 heterocycles. The molecule has 4 N–H and O–H groups in total. The Hall–Kier alpha value is -1.43. The molecule has 1 fully saturated rings. The van der Waals surface area contributed by atoms with Gasteiger partial charge in [-0.1, -0.05) is 0 Å². The minimum absolute atomic E-state index is 0.00391. The molecule has 0 bridgehead atoms. The number of hydrogen-bond donors (Lipinski definition) is 3. The Labute approximate surface area is 169 Å². The Balaban J connectivity index is 1.67. The summed E-state index contributed by atoms with van der Waals surface area (Å²) < 4.78 is 24.0. The average Bonchev–Trinajstić information content (AvgIpc) is 3.20. The van der Waals surface area contributed by atoms with Crippen LogP contribution in [0.4, 0.5) is 5.82 Å². The summed E-state index contributed by atoms with van der Waals surface area (Å²) in [5.41, 5.74) is 6.65. The van der Waals surface area contributed by atoms with Gasteiger partial charge in [-0.25, -0.2) is 4.98 Å². The number of nitrogens with zero attached hydrogens (tertiary/aromatic N) is 4. The molecule has 0 amide bonds. The van der Waals surface area contributed by atoms with Gasteiger partial charge >= 0.3 is 13.6 Å². The number of ether oxygens (including phenoxy) is 2. The molecule has 0 spiro atoms. The molecule has 0 radical (unpaired) electrons. The van der Waals surface area contributed by atoms with E-state index in [9.17, 15) is 19.1 Å². The Morgan fingerprint density at radius 1 is 1.54 bits per heavy atom. The van der Waals surface area contributed by atoms with Crippen LogP contribution in [0.2, 0.25) is 5.28 Å². The summed E-state index contributed by atoms with van der Waals surface area (Å²) in [6.45, 7) is 1.61. The van der Waals surface area contributed by atoms with Gasteiger partial charge in [0.2, 0.25) is 10.3 Å². The molecule has 0 saturated carbocycles. The summed E-state index contributed by atoms with van der Waals surface area (Å²) in [5, 5.41) is -0.00391. The quantitative estimate of drug-likeness (QED) is 0.318. The second-order valence-electron chi connectivity index (χ2n) is 6.02. The number of aromatic nitrogens is 4. The second-order valence-corrected chi connectivity index (χ2v) is 9.54. The van der Waals surface area contributed by atoms with Crippen molar-refractivity contribution in [3.8, 4) is 0 Å². The molecule has 28 heavy (non-hydrogen) atoms. The number of anilines is 1. The van der Waals surface area contributed by atoms with E-state index in [2.05, 4.69) is 15.0 Å². The molecule has 3 rings (SSSR count). The highest BCUT2D eigenvalue weighted by Crippen LogP contribution is 2.48. The van der Waals surface area contributed by atoms with Crippen molar-refractivity contribution in [3.63, 3.8) is 0 Å². The zero-order valence-corrected chi connectivity index (χ0v) is 17.2. The van der Waals surface area contributed by atoms with Gasteiger partial charge in [-0.3, -0.25) is 13.9 Å². The Bertz CT molecular complexity index is 923. The highest BCUT2D eigenvalue weighted by Gasteiger charge is 2.39. The van der Waals surface area contributed by atoms with Crippen LogP contribution in [0.3, 0.4) is 0 Å². The van der Waals surface area contributed by atoms with Gasteiger partial charge in [0.25, 0.3) is 0 Å². The first-order valence-corrected chi connectivity index (χ1v) is 11.5. The molecule has 1 aliphatic rings. The SMILES string of the molecule is CCOC(=O)C(SC[C@@H]1CC[C@H](n2cnc3c(N)nc(Cl)nc32)O1)P(=O)(O)O. The molecular formula is C14H19ClN5O6PS. The third-order valence-electron chi connectivity index (χ3n) is 4.05. The van der Waals surface area contributed by atoms with E-state index in [0.29, 0.717) is 24.0 Å². The van der Waals surface area contributed by atoms with Crippen LogP contribution in [0.15, 0.2) is 6.33 Å². The first kappa shape index (κ1) is 21.3. The topological polar surface area (TPSA) is 163 Å². The number of nitrogens with two attached hydrogens (primary N) is 1. The van der Waals surface area contributed by atoms with Crippen LogP contribution in [-0.4, -0.2) is 58.7 Å². The zero-order chi connectivity index (χ0) is 20.5. The lowest BCUT2D eigenvalue weighted by Gasteiger charge is -2.19. The van der Waals surface area contributed by atoms with Gasteiger partial charge in [0.15, 0.2) is 11.5 Å². The number of thioether (sulfide) groups is 1. The van der Waals surface area contributed by atoms with Gasteiger partial charge in [-0.05, 0) is 31.4 Å². The van der Waals surface area contributed by atoms with Crippen molar-refractivity contribution in [3.05, 3.63) is 11.6 Å². The van der Waals surface area contributed by atoms with E-state index in [4.69, 9.17) is 26.8 Å². The summed E-state index contributed by atoms with van der Waals surface area (Å²) in [5.74, 6) is -0.550. The Morgan fingerprint density at radius 2 is 2.29 bits per heavy atom. The summed E-state index contributed by atoms with van der Waals surface area (Å²) in [6.07, 6.45) is 2.08. The van der Waals surface area contributed by atoms with Crippen LogP contribution in [0.25, 0.3) is 11.2 Å². The third kappa shape index (κ3) is 4.58. The standard InChI is InChI=1S/C14H19ClN5O6PS/c1-2-25-12(21)13(27(22,23)24)28-5-7-3-4-8(26-7)20-6-17-9-10(16)18-14(15)19-11(9)20/h6-8,13H,2-5H2,1H3,(H2,16,18,19)(H2,22,23,24)/t7-,8+,13?/m0/s1. The monoisotopic (exact) mass is 451 g/mol. The van der Waals surface area contributed by atoms with Crippen LogP contribution < -0.4 is 5.73 Å². The van der Waals surface area contributed by atoms with Crippen molar-refractivity contribution < 1.29 is 28.6 Å². The molecule has 0 aromatic carbocycles. The van der Waals surface area contributed by atoms with Crippen LogP contribution >= 0.6 is 31.0 Å². The predicted molar refractivity (Wildman–Crippen MR) is 103 cm³/mol. The van der Waals surface area contributed by atoms with E-state index < -0.39 is 24.8 Å². The number of esters is 1. The number of carbonyl (C=O) groups excluding carboxylic acids is 1. The van der Waals surface area contributed by atoms with E-state index in [-0.39, 0.29) is 29.6 Å². The van der Waals surface area contributed by atoms with Crippen LogP contribution in [0, 0.1) is 0 Å². The second kappa shape index (κ2) is 8.52. The Kier molecular flexibility index (Phi) is 6.47. The number of imidazole rings is 1. The maximum atomic E-state index is 11.8. The maximum Gasteiger partial charge on any atom is 0.349 e. The smallest absolute Gasteiger partial charge is 0.349 e. The van der Waals surface area contributed by atoms with E-state index in [1.807, 2.05) is 0 Å². The molecule has 0 aliphatic carbocycles. The fraction of sp³-hybridized carbons (Fsp3) is 0.571. The maximum absolute atomic E-state index is 11.8. The van der Waals surface area contributed by atoms with Crippen molar-refractivity contribution >= 4 is 53.9 Å². The molecule has 1 aliphatic heterocycles. The highest BCUT2D eigenvalue weighted by molar-refractivity contribution is 8.06. The molecule has 11 nitrogen and oxygen atoms in total. The molecule has 154 valence electrons. The van der Waals surface area contributed by atoms with Gasteiger partial charge in [-0.2, -0.15) is 9.97 Å². The van der Waals surface area contributed by atoms with Crippen LogP contribution in [0.5, 0.6) is 0 Å². The summed E-state index contributed by atoms with van der Waals surface area (Å²) >= 11 is 6.69. The largest absolute Gasteiger partial charge is 0.465 e. The average molecular weight is 452 g/mol. The molecule has 1 saturated heterocycles. The normalized spacial score (nSPS) is 21.1. The lowest BCUT2D eigenvalue weighted by atomic mass is 10.2. The fourth-order valence-electron chi connectivity index (χ4n) is 2.85. The minimum Gasteiger partial charge on any atom is -0.465 e. The minimum atomic E-state index is -4.65. The summed E-state index contributed by atoms with van der Waals surface area (Å²) in [6, 6.07) is 0. The zero-order valence-electron chi connectivity index (χ0n) is 14.8. The van der Waals surface area contributed by atoms with Crippen LogP contribution in [0.1, 0.15) is 26.0 Å². The molecule has 2 aromatic rings. The highest BCUT2D eigenvalue weighted by atomic mass is 35.5. The Morgan fingerprint density at radius 3 is 2.96 bits per heavy atom. The number of hydrogen-bond acceptors (Lipinski definition) is 9. The number of carbonyl (C=O) groups is 1. The van der Waals surface area contributed by atoms with E-state index >= 15 is 0 Å². The predicted octanol–water partition coefficient (Wildman–Crippen LogP) is 1.54. The van der Waals surface area contributed by atoms with Crippen molar-refractivity contribution in [1.29, 1.82) is 0 Å². The number of fused-ring (bicyclic) bond motifs is 1. The molecule has 2 aromatic heterocycles. The van der Waals surface area contributed by atoms with Crippen LogP contribution in [-0.2, 0) is 18.8 Å². The third-order valence-corrected chi connectivity index (χ3v) is 7.38. The fourth-order valence-corrected chi connectivity index (χ4v) is 5.25.